The highest BCUT2D eigenvalue weighted by atomic mass is 16.2. The van der Waals surface area contributed by atoms with Gasteiger partial charge < -0.3 is 10.6 Å². The Morgan fingerprint density at radius 2 is 2.06 bits per heavy atom. The minimum absolute atomic E-state index is 0.0185. The Balaban J connectivity index is 2.83. The summed E-state index contributed by atoms with van der Waals surface area (Å²) in [7, 11) is 0. The topological polar surface area (TPSA) is 59.2 Å². The summed E-state index contributed by atoms with van der Waals surface area (Å²) < 4.78 is 0. The van der Waals surface area contributed by atoms with Crippen LogP contribution < -0.4 is 5.73 Å². The van der Waals surface area contributed by atoms with E-state index in [1.54, 1.807) is 18.3 Å². The standard InChI is InChI=1S/C14H23N3O/c1-4-11(5-2)10-17(6-3)14(18)12-8-7-9-16-13(12)15/h7-9,11H,4-6,10H2,1-3H3,(H2,15,16). The second-order valence-electron chi connectivity index (χ2n) is 4.46. The molecular weight excluding hydrogens is 226 g/mol. The molecule has 0 aromatic carbocycles. The summed E-state index contributed by atoms with van der Waals surface area (Å²) in [5.41, 5.74) is 6.26. The second-order valence-corrected chi connectivity index (χ2v) is 4.46. The van der Waals surface area contributed by atoms with Gasteiger partial charge in [-0.15, -0.1) is 0 Å². The highest BCUT2D eigenvalue weighted by molar-refractivity contribution is 5.98. The minimum Gasteiger partial charge on any atom is -0.383 e. The summed E-state index contributed by atoms with van der Waals surface area (Å²) in [5, 5.41) is 0. The Hall–Kier alpha value is -1.58. The molecule has 0 aliphatic rings. The van der Waals surface area contributed by atoms with Crippen LogP contribution in [0.4, 0.5) is 5.82 Å². The van der Waals surface area contributed by atoms with Gasteiger partial charge in [0, 0.05) is 19.3 Å². The first-order chi connectivity index (χ1) is 8.63. The molecule has 0 bridgehead atoms. The fraction of sp³-hybridized carbons (Fsp3) is 0.571. The van der Waals surface area contributed by atoms with Gasteiger partial charge in [-0.1, -0.05) is 26.7 Å². The maximum atomic E-state index is 12.4. The Morgan fingerprint density at radius 3 is 2.56 bits per heavy atom. The molecule has 0 aliphatic carbocycles. The molecule has 0 aliphatic heterocycles. The van der Waals surface area contributed by atoms with Crippen molar-refractivity contribution in [1.29, 1.82) is 0 Å². The van der Waals surface area contributed by atoms with Gasteiger partial charge in [0.05, 0.1) is 5.56 Å². The average molecular weight is 249 g/mol. The molecule has 0 radical (unpaired) electrons. The van der Waals surface area contributed by atoms with Gasteiger partial charge in [0.25, 0.3) is 5.91 Å². The van der Waals surface area contributed by atoms with Crippen LogP contribution in [0.2, 0.25) is 0 Å². The molecule has 1 amide bonds. The molecule has 0 unspecified atom stereocenters. The smallest absolute Gasteiger partial charge is 0.257 e. The first-order valence-electron chi connectivity index (χ1n) is 6.63. The molecule has 100 valence electrons. The quantitative estimate of drug-likeness (QED) is 0.843. The van der Waals surface area contributed by atoms with Crippen LogP contribution in [0.25, 0.3) is 0 Å². The summed E-state index contributed by atoms with van der Waals surface area (Å²) in [6, 6.07) is 3.48. The summed E-state index contributed by atoms with van der Waals surface area (Å²) in [5.74, 6) is 0.840. The van der Waals surface area contributed by atoms with Crippen LogP contribution in [0.5, 0.6) is 0 Å². The maximum Gasteiger partial charge on any atom is 0.257 e. The molecule has 0 spiro atoms. The van der Waals surface area contributed by atoms with Gasteiger partial charge in [-0.25, -0.2) is 4.98 Å². The predicted octanol–water partition coefficient (Wildman–Crippen LogP) is 2.56. The van der Waals surface area contributed by atoms with E-state index in [2.05, 4.69) is 18.8 Å². The van der Waals surface area contributed by atoms with Crippen molar-refractivity contribution in [2.45, 2.75) is 33.6 Å². The van der Waals surface area contributed by atoms with E-state index in [-0.39, 0.29) is 5.91 Å². The van der Waals surface area contributed by atoms with Crippen LogP contribution in [0.3, 0.4) is 0 Å². The molecule has 2 N–H and O–H groups in total. The molecule has 0 saturated carbocycles. The van der Waals surface area contributed by atoms with Crippen molar-refractivity contribution >= 4 is 11.7 Å². The Bertz CT molecular complexity index is 388. The van der Waals surface area contributed by atoms with Crippen LogP contribution in [-0.2, 0) is 0 Å². The lowest BCUT2D eigenvalue weighted by Crippen LogP contribution is -2.35. The highest BCUT2D eigenvalue weighted by Crippen LogP contribution is 2.15. The van der Waals surface area contributed by atoms with Crippen LogP contribution in [0.15, 0.2) is 18.3 Å². The summed E-state index contributed by atoms with van der Waals surface area (Å²) in [4.78, 5) is 18.2. The Labute approximate surface area is 109 Å². The van der Waals surface area contributed by atoms with Gasteiger partial charge in [-0.2, -0.15) is 0 Å². The maximum absolute atomic E-state index is 12.4. The first-order valence-corrected chi connectivity index (χ1v) is 6.63. The van der Waals surface area contributed by atoms with E-state index in [4.69, 9.17) is 5.73 Å². The molecule has 0 fully saturated rings. The monoisotopic (exact) mass is 249 g/mol. The number of nitrogens with two attached hydrogens (primary N) is 1. The summed E-state index contributed by atoms with van der Waals surface area (Å²) >= 11 is 0. The van der Waals surface area contributed by atoms with Crippen molar-refractivity contribution in [1.82, 2.24) is 9.88 Å². The second kappa shape index (κ2) is 6.99. The lowest BCUT2D eigenvalue weighted by molar-refractivity contribution is 0.0735. The number of pyridine rings is 1. The third-order valence-electron chi connectivity index (χ3n) is 3.37. The normalized spacial score (nSPS) is 10.7. The van der Waals surface area contributed by atoms with E-state index < -0.39 is 0 Å². The fourth-order valence-electron chi connectivity index (χ4n) is 1.98. The van der Waals surface area contributed by atoms with Crippen LogP contribution in [0, 0.1) is 5.92 Å². The lowest BCUT2D eigenvalue weighted by atomic mass is 10.0. The van der Waals surface area contributed by atoms with Crippen LogP contribution in [-0.4, -0.2) is 28.9 Å². The summed E-state index contributed by atoms with van der Waals surface area (Å²) in [6.07, 6.45) is 3.77. The predicted molar refractivity (Wildman–Crippen MR) is 74.3 cm³/mol. The number of hydrogen-bond acceptors (Lipinski definition) is 3. The number of aromatic nitrogens is 1. The molecule has 1 rings (SSSR count). The zero-order valence-electron chi connectivity index (χ0n) is 11.5. The van der Waals surface area contributed by atoms with E-state index in [0.29, 0.717) is 23.8 Å². The van der Waals surface area contributed by atoms with Gasteiger partial charge in [0.1, 0.15) is 5.82 Å². The molecule has 18 heavy (non-hydrogen) atoms. The zero-order valence-corrected chi connectivity index (χ0v) is 11.5. The molecule has 1 aromatic heterocycles. The Morgan fingerprint density at radius 1 is 1.39 bits per heavy atom. The SMILES string of the molecule is CCC(CC)CN(CC)C(=O)c1cccnc1N. The van der Waals surface area contributed by atoms with Crippen molar-refractivity contribution in [2.24, 2.45) is 5.92 Å². The van der Waals surface area contributed by atoms with E-state index in [1.807, 2.05) is 11.8 Å². The number of carbonyl (C=O) groups excluding carboxylic acids is 1. The molecule has 4 nitrogen and oxygen atoms in total. The zero-order chi connectivity index (χ0) is 13.5. The molecular formula is C14H23N3O. The number of hydrogen-bond donors (Lipinski definition) is 1. The molecule has 0 saturated heterocycles. The van der Waals surface area contributed by atoms with Crippen molar-refractivity contribution in [3.8, 4) is 0 Å². The van der Waals surface area contributed by atoms with Gasteiger partial charge in [0.15, 0.2) is 0 Å². The first kappa shape index (κ1) is 14.5. The number of nitrogen functional groups attached to an aromatic ring is 1. The number of nitrogens with zero attached hydrogens (tertiary/aromatic N) is 2. The van der Waals surface area contributed by atoms with E-state index in [9.17, 15) is 4.79 Å². The molecule has 1 heterocycles. The van der Waals surface area contributed by atoms with Gasteiger partial charge in [-0.3, -0.25) is 4.79 Å². The van der Waals surface area contributed by atoms with Gasteiger partial charge >= 0.3 is 0 Å². The summed E-state index contributed by atoms with van der Waals surface area (Å²) in [6.45, 7) is 7.79. The van der Waals surface area contributed by atoms with Crippen molar-refractivity contribution in [3.63, 3.8) is 0 Å². The van der Waals surface area contributed by atoms with E-state index in [1.165, 1.54) is 0 Å². The number of rotatable bonds is 6. The van der Waals surface area contributed by atoms with Crippen molar-refractivity contribution < 1.29 is 4.79 Å². The third kappa shape index (κ3) is 3.45. The van der Waals surface area contributed by atoms with E-state index in [0.717, 1.165) is 19.4 Å². The third-order valence-corrected chi connectivity index (χ3v) is 3.37. The van der Waals surface area contributed by atoms with Gasteiger partial charge in [-0.05, 0) is 25.0 Å². The largest absolute Gasteiger partial charge is 0.383 e. The van der Waals surface area contributed by atoms with Crippen LogP contribution in [0.1, 0.15) is 44.0 Å². The van der Waals surface area contributed by atoms with Crippen LogP contribution >= 0.6 is 0 Å². The van der Waals surface area contributed by atoms with Crippen molar-refractivity contribution in [3.05, 3.63) is 23.9 Å². The van der Waals surface area contributed by atoms with Gasteiger partial charge in [0.2, 0.25) is 0 Å². The average Bonchev–Trinajstić information content (AvgIpc) is 2.40. The fourth-order valence-corrected chi connectivity index (χ4v) is 1.98. The molecule has 0 atom stereocenters. The number of amides is 1. The van der Waals surface area contributed by atoms with E-state index >= 15 is 0 Å². The lowest BCUT2D eigenvalue weighted by Gasteiger charge is -2.25. The number of anilines is 1. The molecule has 1 aromatic rings. The number of carbonyl (C=O) groups is 1. The van der Waals surface area contributed by atoms with Crippen molar-refractivity contribution in [2.75, 3.05) is 18.8 Å². The Kier molecular flexibility index (Phi) is 5.62. The minimum atomic E-state index is -0.0185. The molecule has 4 heteroatoms. The highest BCUT2D eigenvalue weighted by Gasteiger charge is 2.19.